The molecule has 1 saturated carbocycles. The second kappa shape index (κ2) is 3.31. The van der Waals surface area contributed by atoms with Crippen molar-refractivity contribution in [3.05, 3.63) is 17.5 Å². The first-order chi connectivity index (χ1) is 7.66. The highest BCUT2D eigenvalue weighted by atomic mass is 32.1. The second-order valence-electron chi connectivity index (χ2n) is 4.33. The maximum absolute atomic E-state index is 5.83. The summed E-state index contributed by atoms with van der Waals surface area (Å²) in [5.74, 6) is 1.99. The Balaban J connectivity index is 2.15. The number of thiophene rings is 1. The van der Waals surface area contributed by atoms with E-state index in [1.165, 1.54) is 18.4 Å². The molecule has 1 aliphatic carbocycles. The molecule has 1 aliphatic rings. The number of nitrogen functional groups attached to an aromatic ring is 1. The molecule has 0 aliphatic heterocycles. The number of aromatic nitrogens is 3. The van der Waals surface area contributed by atoms with Gasteiger partial charge in [-0.1, -0.05) is 0 Å². The molecule has 0 bridgehead atoms. The lowest BCUT2D eigenvalue weighted by molar-refractivity contribution is 0.718. The summed E-state index contributed by atoms with van der Waals surface area (Å²) in [6, 6.07) is 2.61. The molecule has 0 aromatic carbocycles. The van der Waals surface area contributed by atoms with Crippen molar-refractivity contribution >= 4 is 16.3 Å². The predicted molar refractivity (Wildman–Crippen MR) is 65.5 cm³/mol. The second-order valence-corrected chi connectivity index (χ2v) is 5.42. The van der Waals surface area contributed by atoms with Crippen molar-refractivity contribution < 1.29 is 0 Å². The molecule has 3 rings (SSSR count). The van der Waals surface area contributed by atoms with E-state index in [9.17, 15) is 0 Å². The van der Waals surface area contributed by atoms with E-state index in [4.69, 9.17) is 5.73 Å². The van der Waals surface area contributed by atoms with Crippen LogP contribution in [0.25, 0.3) is 10.7 Å². The molecule has 0 saturated heterocycles. The van der Waals surface area contributed by atoms with E-state index >= 15 is 0 Å². The zero-order chi connectivity index (χ0) is 11.3. The fraction of sp³-hybridized carbons (Fsp3) is 0.455. The minimum atomic E-state index is 0.604. The van der Waals surface area contributed by atoms with Gasteiger partial charge in [-0.3, -0.25) is 0 Å². The van der Waals surface area contributed by atoms with Gasteiger partial charge in [-0.2, -0.15) is 0 Å². The number of nitrogens with zero attached hydrogens (tertiary/aromatic N) is 3. The van der Waals surface area contributed by atoms with Crippen molar-refractivity contribution in [3.63, 3.8) is 0 Å². The molecule has 0 atom stereocenters. The molecule has 2 N–H and O–H groups in total. The smallest absolute Gasteiger partial charge is 0.174 e. The molecule has 2 heterocycles. The summed E-state index contributed by atoms with van der Waals surface area (Å²) in [6.07, 6.45) is 2.48. The van der Waals surface area contributed by atoms with E-state index in [1.807, 2.05) is 13.0 Å². The third-order valence-corrected chi connectivity index (χ3v) is 3.98. The minimum Gasteiger partial charge on any atom is -0.391 e. The number of anilines is 1. The van der Waals surface area contributed by atoms with Gasteiger partial charge in [-0.25, -0.2) is 0 Å². The summed E-state index contributed by atoms with van der Waals surface area (Å²) in [5.41, 5.74) is 7.02. The molecule has 0 radical (unpaired) electrons. The Hall–Kier alpha value is -1.36. The summed E-state index contributed by atoms with van der Waals surface area (Å²) >= 11 is 1.59. The van der Waals surface area contributed by atoms with E-state index < -0.39 is 0 Å². The van der Waals surface area contributed by atoms with Gasteiger partial charge in [-0.15, -0.1) is 21.5 Å². The molecule has 16 heavy (non-hydrogen) atoms. The Morgan fingerprint density at radius 2 is 2.12 bits per heavy atom. The van der Waals surface area contributed by atoms with Crippen LogP contribution in [-0.2, 0) is 0 Å². The van der Waals surface area contributed by atoms with E-state index in [2.05, 4.69) is 21.7 Å². The number of aryl methyl sites for hydroxylation is 2. The number of nitrogens with two attached hydrogens (primary N) is 1. The molecular weight excluding hydrogens is 220 g/mol. The van der Waals surface area contributed by atoms with Crippen LogP contribution >= 0.6 is 11.3 Å². The first-order valence-corrected chi connectivity index (χ1v) is 6.26. The summed E-state index contributed by atoms with van der Waals surface area (Å²) in [7, 11) is 0. The fourth-order valence-corrected chi connectivity index (χ4v) is 2.94. The molecule has 0 spiro atoms. The van der Waals surface area contributed by atoms with Gasteiger partial charge < -0.3 is 10.3 Å². The molecule has 0 unspecified atom stereocenters. The lowest BCUT2D eigenvalue weighted by Crippen LogP contribution is -1.99. The first kappa shape index (κ1) is 9.84. The van der Waals surface area contributed by atoms with Gasteiger partial charge in [-0.05, 0) is 38.3 Å². The van der Waals surface area contributed by atoms with Crippen LogP contribution in [0.5, 0.6) is 0 Å². The van der Waals surface area contributed by atoms with Crippen molar-refractivity contribution in [1.29, 1.82) is 0 Å². The van der Waals surface area contributed by atoms with Gasteiger partial charge in [0.05, 0.1) is 9.88 Å². The Kier molecular flexibility index (Phi) is 2.04. The Bertz CT molecular complexity index is 536. The average Bonchev–Trinajstić information content (AvgIpc) is 2.91. The molecule has 2 aromatic heterocycles. The van der Waals surface area contributed by atoms with Crippen molar-refractivity contribution in [1.82, 2.24) is 14.8 Å². The Morgan fingerprint density at radius 3 is 2.69 bits per heavy atom. The van der Waals surface area contributed by atoms with Crippen LogP contribution in [0, 0.1) is 13.8 Å². The van der Waals surface area contributed by atoms with Gasteiger partial charge in [0.25, 0.3) is 0 Å². The Morgan fingerprint density at radius 1 is 1.38 bits per heavy atom. The molecular formula is C11H14N4S. The van der Waals surface area contributed by atoms with Crippen molar-refractivity contribution in [3.8, 4) is 10.7 Å². The molecule has 4 nitrogen and oxygen atoms in total. The van der Waals surface area contributed by atoms with Crippen molar-refractivity contribution in [2.75, 3.05) is 5.73 Å². The molecule has 0 amide bonds. The number of hydrogen-bond donors (Lipinski definition) is 1. The highest BCUT2D eigenvalue weighted by Crippen LogP contribution is 2.41. The molecule has 2 aromatic rings. The zero-order valence-corrected chi connectivity index (χ0v) is 10.2. The van der Waals surface area contributed by atoms with Crippen molar-refractivity contribution in [2.24, 2.45) is 0 Å². The van der Waals surface area contributed by atoms with Gasteiger partial charge in [0.1, 0.15) is 5.82 Å². The zero-order valence-electron chi connectivity index (χ0n) is 9.40. The van der Waals surface area contributed by atoms with E-state index in [1.54, 1.807) is 11.3 Å². The first-order valence-electron chi connectivity index (χ1n) is 5.44. The van der Waals surface area contributed by atoms with Crippen LogP contribution in [0.3, 0.4) is 0 Å². The van der Waals surface area contributed by atoms with Crippen LogP contribution in [0.4, 0.5) is 5.00 Å². The van der Waals surface area contributed by atoms with Crippen LogP contribution in [0.15, 0.2) is 6.07 Å². The normalized spacial score (nSPS) is 15.6. The highest BCUT2D eigenvalue weighted by molar-refractivity contribution is 7.19. The van der Waals surface area contributed by atoms with E-state index in [0.717, 1.165) is 21.5 Å². The standard InChI is InChI=1S/C11H14N4S/c1-6-5-9(12)16-10(6)11-14-13-7(2)15(11)8-3-4-8/h5,8H,3-4,12H2,1-2H3. The quantitative estimate of drug-likeness (QED) is 0.868. The largest absolute Gasteiger partial charge is 0.391 e. The molecule has 84 valence electrons. The highest BCUT2D eigenvalue weighted by Gasteiger charge is 2.29. The SMILES string of the molecule is Cc1cc(N)sc1-c1nnc(C)n1C1CC1. The number of rotatable bonds is 2. The number of hydrogen-bond acceptors (Lipinski definition) is 4. The average molecular weight is 234 g/mol. The third kappa shape index (κ3) is 1.43. The molecule has 1 fully saturated rings. The van der Waals surface area contributed by atoms with Gasteiger partial charge in [0, 0.05) is 6.04 Å². The topological polar surface area (TPSA) is 56.7 Å². The van der Waals surface area contributed by atoms with Gasteiger partial charge >= 0.3 is 0 Å². The lowest BCUT2D eigenvalue weighted by Gasteiger charge is -2.05. The maximum Gasteiger partial charge on any atom is 0.174 e. The molecule has 5 heteroatoms. The van der Waals surface area contributed by atoms with Crippen molar-refractivity contribution in [2.45, 2.75) is 32.7 Å². The summed E-state index contributed by atoms with van der Waals surface area (Å²) in [6.45, 7) is 4.09. The fourth-order valence-electron chi connectivity index (χ4n) is 2.02. The lowest BCUT2D eigenvalue weighted by atomic mass is 10.3. The Labute approximate surface area is 98.1 Å². The van der Waals surface area contributed by atoms with Crippen LogP contribution in [-0.4, -0.2) is 14.8 Å². The van der Waals surface area contributed by atoms with E-state index in [0.29, 0.717) is 6.04 Å². The minimum absolute atomic E-state index is 0.604. The van der Waals surface area contributed by atoms with E-state index in [-0.39, 0.29) is 0 Å². The summed E-state index contributed by atoms with van der Waals surface area (Å²) < 4.78 is 2.25. The van der Waals surface area contributed by atoms with Crippen LogP contribution < -0.4 is 5.73 Å². The van der Waals surface area contributed by atoms with Crippen LogP contribution in [0.2, 0.25) is 0 Å². The summed E-state index contributed by atoms with van der Waals surface area (Å²) in [5, 5.41) is 9.32. The maximum atomic E-state index is 5.83. The van der Waals surface area contributed by atoms with Crippen LogP contribution in [0.1, 0.15) is 30.3 Å². The third-order valence-electron chi connectivity index (χ3n) is 2.92. The summed E-state index contributed by atoms with van der Waals surface area (Å²) in [4.78, 5) is 1.16. The predicted octanol–water partition coefficient (Wildman–Crippen LogP) is 2.54. The monoisotopic (exact) mass is 234 g/mol. The van der Waals surface area contributed by atoms with Gasteiger partial charge in [0.2, 0.25) is 0 Å². The van der Waals surface area contributed by atoms with Gasteiger partial charge in [0.15, 0.2) is 5.82 Å².